The van der Waals surface area contributed by atoms with Gasteiger partial charge in [0.2, 0.25) is 0 Å². The van der Waals surface area contributed by atoms with E-state index < -0.39 is 0 Å². The Bertz CT molecular complexity index is 1130. The average Bonchev–Trinajstić information content (AvgIpc) is 3.33. The number of rotatable bonds is 5. The van der Waals surface area contributed by atoms with Crippen molar-refractivity contribution < 1.29 is 4.79 Å². The molecule has 0 fully saturated rings. The van der Waals surface area contributed by atoms with E-state index >= 15 is 0 Å². The van der Waals surface area contributed by atoms with Gasteiger partial charge in [0.15, 0.2) is 0 Å². The molecular weight excluding hydrogens is 378 g/mol. The quantitative estimate of drug-likeness (QED) is 0.560. The zero-order valence-electron chi connectivity index (χ0n) is 15.4. The van der Waals surface area contributed by atoms with Crippen LogP contribution in [-0.2, 0) is 6.54 Å². The van der Waals surface area contributed by atoms with Crippen LogP contribution in [0.3, 0.4) is 0 Å². The van der Waals surface area contributed by atoms with E-state index in [2.05, 4.69) is 44.2 Å². The molecule has 0 unspecified atom stereocenters. The number of halogens is 1. The summed E-state index contributed by atoms with van der Waals surface area (Å²) in [6.07, 6.45) is 1.42. The molecule has 142 valence electrons. The molecule has 8 nitrogen and oxygen atoms in total. The molecule has 0 saturated carbocycles. The number of nitrogens with one attached hydrogen (secondary N) is 1. The smallest absolute Gasteiger partial charge is 0.253 e. The second kappa shape index (κ2) is 7.40. The Labute approximate surface area is 166 Å². The lowest BCUT2D eigenvalue weighted by Crippen LogP contribution is -2.26. The molecular formula is C19H18ClN7O. The number of carbonyl (C=O) groups excluding carboxylic acids is 1. The molecule has 28 heavy (non-hydrogen) atoms. The summed E-state index contributed by atoms with van der Waals surface area (Å²) >= 11 is 6.09. The Morgan fingerprint density at radius 2 is 2.04 bits per heavy atom. The van der Waals surface area contributed by atoms with E-state index in [1.807, 2.05) is 24.3 Å². The molecule has 0 bridgehead atoms. The van der Waals surface area contributed by atoms with Crippen molar-refractivity contribution in [3.63, 3.8) is 0 Å². The number of amides is 1. The van der Waals surface area contributed by atoms with Gasteiger partial charge in [-0.25, -0.2) is 4.98 Å². The first-order valence-electron chi connectivity index (χ1n) is 8.81. The second-order valence-electron chi connectivity index (χ2n) is 6.58. The van der Waals surface area contributed by atoms with Crippen molar-refractivity contribution in [2.24, 2.45) is 0 Å². The van der Waals surface area contributed by atoms with Crippen molar-refractivity contribution in [2.45, 2.75) is 26.4 Å². The second-order valence-corrected chi connectivity index (χ2v) is 7.02. The summed E-state index contributed by atoms with van der Waals surface area (Å²) < 4.78 is 3.53. The van der Waals surface area contributed by atoms with Gasteiger partial charge >= 0.3 is 0 Å². The van der Waals surface area contributed by atoms with E-state index in [-0.39, 0.29) is 11.9 Å². The summed E-state index contributed by atoms with van der Waals surface area (Å²) in [7, 11) is 0. The summed E-state index contributed by atoms with van der Waals surface area (Å²) in [6.45, 7) is 4.48. The summed E-state index contributed by atoms with van der Waals surface area (Å²) in [5, 5.41) is 14.5. The molecule has 2 aromatic heterocycles. The van der Waals surface area contributed by atoms with Gasteiger partial charge in [0.25, 0.3) is 5.91 Å². The van der Waals surface area contributed by atoms with Crippen molar-refractivity contribution in [3.8, 4) is 5.69 Å². The number of fused-ring (bicyclic) bond motifs is 1. The number of hydrogen-bond acceptors (Lipinski definition) is 5. The Hall–Kier alpha value is -3.26. The molecule has 2 aromatic carbocycles. The van der Waals surface area contributed by atoms with Crippen LogP contribution >= 0.6 is 11.6 Å². The summed E-state index contributed by atoms with van der Waals surface area (Å²) in [5.41, 5.74) is 2.88. The molecule has 0 aliphatic rings. The van der Waals surface area contributed by atoms with Crippen LogP contribution in [-0.4, -0.2) is 35.7 Å². The first-order chi connectivity index (χ1) is 13.5. The topological polar surface area (TPSA) is 90.5 Å². The van der Waals surface area contributed by atoms with Crippen molar-refractivity contribution in [1.82, 2.24) is 35.1 Å². The van der Waals surface area contributed by atoms with Crippen LogP contribution in [0.1, 0.15) is 36.1 Å². The van der Waals surface area contributed by atoms with Gasteiger partial charge in [-0.05, 0) is 54.6 Å². The Morgan fingerprint density at radius 1 is 1.21 bits per heavy atom. The number of para-hydroxylation sites is 2. The van der Waals surface area contributed by atoms with E-state index in [1.54, 1.807) is 18.2 Å². The lowest BCUT2D eigenvalue weighted by atomic mass is 10.1. The fourth-order valence-corrected chi connectivity index (χ4v) is 3.37. The van der Waals surface area contributed by atoms with Gasteiger partial charge in [-0.15, -0.1) is 5.10 Å². The maximum absolute atomic E-state index is 12.9. The fraction of sp³-hybridized carbons (Fsp3) is 0.211. The van der Waals surface area contributed by atoms with E-state index in [9.17, 15) is 4.79 Å². The van der Waals surface area contributed by atoms with Crippen LogP contribution in [0.5, 0.6) is 0 Å². The largest absolute Gasteiger partial charge is 0.345 e. The highest BCUT2D eigenvalue weighted by atomic mass is 35.5. The standard InChI is InChI=1S/C19H18ClN7O/c1-12(2)27-16-6-4-3-5-15(16)23-18(27)10-21-19(28)14-8-7-13(20)9-17(14)26-11-22-24-25-26/h3-9,11-12H,10H2,1-2H3,(H,21,28). The number of hydrogen-bond donors (Lipinski definition) is 1. The van der Waals surface area contributed by atoms with Gasteiger partial charge in [-0.3, -0.25) is 4.79 Å². The van der Waals surface area contributed by atoms with Gasteiger partial charge in [-0.1, -0.05) is 23.7 Å². The minimum atomic E-state index is -0.260. The molecule has 0 saturated heterocycles. The van der Waals surface area contributed by atoms with Crippen molar-refractivity contribution in [2.75, 3.05) is 0 Å². The van der Waals surface area contributed by atoms with Gasteiger partial charge in [-0.2, -0.15) is 4.68 Å². The lowest BCUT2D eigenvalue weighted by molar-refractivity contribution is 0.0949. The van der Waals surface area contributed by atoms with Crippen LogP contribution in [0.4, 0.5) is 0 Å². The van der Waals surface area contributed by atoms with Crippen molar-refractivity contribution in [3.05, 3.63) is 65.2 Å². The predicted molar refractivity (Wildman–Crippen MR) is 105 cm³/mol. The van der Waals surface area contributed by atoms with Crippen molar-refractivity contribution >= 4 is 28.5 Å². The number of tetrazole rings is 1. The van der Waals surface area contributed by atoms with Crippen LogP contribution in [0.25, 0.3) is 16.7 Å². The molecule has 0 atom stereocenters. The third kappa shape index (κ3) is 3.34. The zero-order valence-corrected chi connectivity index (χ0v) is 16.1. The van der Waals surface area contributed by atoms with E-state index in [0.717, 1.165) is 16.9 Å². The van der Waals surface area contributed by atoms with Crippen LogP contribution in [0.15, 0.2) is 48.8 Å². The molecule has 4 rings (SSSR count). The van der Waals surface area contributed by atoms with Gasteiger partial charge in [0, 0.05) is 11.1 Å². The van der Waals surface area contributed by atoms with E-state index in [4.69, 9.17) is 11.6 Å². The fourth-order valence-electron chi connectivity index (χ4n) is 3.21. The number of nitrogens with zero attached hydrogens (tertiary/aromatic N) is 6. The maximum Gasteiger partial charge on any atom is 0.253 e. The highest BCUT2D eigenvalue weighted by Crippen LogP contribution is 2.22. The van der Waals surface area contributed by atoms with Crippen LogP contribution in [0, 0.1) is 0 Å². The van der Waals surface area contributed by atoms with E-state index in [0.29, 0.717) is 22.8 Å². The third-order valence-corrected chi connectivity index (χ3v) is 4.63. The minimum Gasteiger partial charge on any atom is -0.345 e. The van der Waals surface area contributed by atoms with Gasteiger partial charge in [0.1, 0.15) is 12.2 Å². The summed E-state index contributed by atoms with van der Waals surface area (Å²) in [6, 6.07) is 13.1. The molecule has 0 aliphatic carbocycles. The maximum atomic E-state index is 12.9. The summed E-state index contributed by atoms with van der Waals surface area (Å²) in [4.78, 5) is 17.5. The van der Waals surface area contributed by atoms with E-state index in [1.165, 1.54) is 11.0 Å². The number of imidazole rings is 1. The Kier molecular flexibility index (Phi) is 4.79. The summed E-state index contributed by atoms with van der Waals surface area (Å²) in [5.74, 6) is 0.534. The van der Waals surface area contributed by atoms with Crippen LogP contribution < -0.4 is 5.32 Å². The highest BCUT2D eigenvalue weighted by Gasteiger charge is 2.17. The van der Waals surface area contributed by atoms with Crippen LogP contribution in [0.2, 0.25) is 5.02 Å². The molecule has 4 aromatic rings. The predicted octanol–water partition coefficient (Wildman–Crippen LogP) is 3.18. The SMILES string of the molecule is CC(C)n1c(CNC(=O)c2ccc(Cl)cc2-n2cnnn2)nc2ccccc21. The molecule has 1 amide bonds. The molecule has 2 heterocycles. The monoisotopic (exact) mass is 395 g/mol. The molecule has 1 N–H and O–H groups in total. The number of aromatic nitrogens is 6. The zero-order chi connectivity index (χ0) is 19.7. The molecule has 0 aliphatic heterocycles. The first kappa shape index (κ1) is 18.1. The average molecular weight is 396 g/mol. The van der Waals surface area contributed by atoms with Crippen molar-refractivity contribution in [1.29, 1.82) is 0 Å². The normalized spacial score (nSPS) is 11.3. The van der Waals surface area contributed by atoms with Gasteiger partial charge in [0.05, 0.1) is 28.8 Å². The highest BCUT2D eigenvalue weighted by molar-refractivity contribution is 6.31. The lowest BCUT2D eigenvalue weighted by Gasteiger charge is -2.14. The molecule has 9 heteroatoms. The number of benzene rings is 2. The van der Waals surface area contributed by atoms with Gasteiger partial charge < -0.3 is 9.88 Å². The Balaban J connectivity index is 1.63. The molecule has 0 spiro atoms. The number of carbonyl (C=O) groups is 1. The molecule has 0 radical (unpaired) electrons. The first-order valence-corrected chi connectivity index (χ1v) is 9.19. The third-order valence-electron chi connectivity index (χ3n) is 4.39. The minimum absolute atomic E-state index is 0.214. The Morgan fingerprint density at radius 3 is 2.79 bits per heavy atom.